The molecule has 0 aliphatic carbocycles. The number of phenolic OH excluding ortho intramolecular Hbond substituents is 1. The topological polar surface area (TPSA) is 60.8 Å². The number of hydrogen-bond donors (Lipinski definition) is 2. The van der Waals surface area contributed by atoms with Crippen molar-refractivity contribution in [2.45, 2.75) is 45.7 Å². The molecule has 0 aliphatic heterocycles. The Balaban J connectivity index is 3.06. The van der Waals surface area contributed by atoms with Crippen molar-refractivity contribution in [3.63, 3.8) is 0 Å². The molecule has 4 nitrogen and oxygen atoms in total. The highest BCUT2D eigenvalue weighted by Gasteiger charge is 2.24. The Morgan fingerprint density at radius 3 is 2.55 bits per heavy atom. The van der Waals surface area contributed by atoms with Gasteiger partial charge in [0.2, 0.25) is 0 Å². The van der Waals surface area contributed by atoms with E-state index in [0.717, 1.165) is 16.5 Å². The molecule has 1 aromatic rings. The van der Waals surface area contributed by atoms with Crippen LogP contribution in [0.4, 0.5) is 0 Å². The van der Waals surface area contributed by atoms with Crippen molar-refractivity contribution >= 4 is 21.9 Å². The molecule has 0 heterocycles. The van der Waals surface area contributed by atoms with Gasteiger partial charge in [-0.05, 0) is 38.5 Å². The minimum atomic E-state index is -0.802. The van der Waals surface area contributed by atoms with E-state index in [1.807, 2.05) is 26.8 Å². The van der Waals surface area contributed by atoms with Crippen LogP contribution in [0.1, 0.15) is 45.2 Å². The van der Waals surface area contributed by atoms with E-state index in [1.165, 1.54) is 0 Å². The number of aromatic hydroxyl groups is 1. The van der Waals surface area contributed by atoms with E-state index in [2.05, 4.69) is 20.8 Å². The number of benzene rings is 1. The van der Waals surface area contributed by atoms with Gasteiger partial charge in [0.05, 0.1) is 6.42 Å². The van der Waals surface area contributed by atoms with Gasteiger partial charge in [0.15, 0.2) is 0 Å². The Hall–Kier alpha value is -1.07. The summed E-state index contributed by atoms with van der Waals surface area (Å²) in [6.45, 7) is 6.59. The second-order valence-corrected chi connectivity index (χ2v) is 6.02. The van der Waals surface area contributed by atoms with E-state index in [-0.39, 0.29) is 24.3 Å². The number of phenols is 1. The van der Waals surface area contributed by atoms with Gasteiger partial charge in [0, 0.05) is 28.7 Å². The average molecular weight is 344 g/mol. The zero-order valence-corrected chi connectivity index (χ0v) is 13.7. The minimum Gasteiger partial charge on any atom is -0.508 e. The summed E-state index contributed by atoms with van der Waals surface area (Å²) >= 11 is 3.42. The first-order chi connectivity index (χ1) is 9.36. The first-order valence-electron chi connectivity index (χ1n) is 6.82. The fraction of sp³-hybridized carbons (Fsp3) is 0.533. The molecule has 1 aromatic carbocycles. The fourth-order valence-electron chi connectivity index (χ4n) is 2.42. The van der Waals surface area contributed by atoms with Crippen molar-refractivity contribution in [1.82, 2.24) is 4.90 Å². The Morgan fingerprint density at radius 2 is 2.05 bits per heavy atom. The lowest BCUT2D eigenvalue weighted by molar-refractivity contribution is -0.137. The number of rotatable bonds is 7. The Labute approximate surface area is 128 Å². The normalized spacial score (nSPS) is 12.9. The molecule has 0 amide bonds. The summed E-state index contributed by atoms with van der Waals surface area (Å²) in [6, 6.07) is 5.57. The molecule has 1 atom stereocenters. The number of aliphatic carboxylic acids is 1. The van der Waals surface area contributed by atoms with Crippen molar-refractivity contribution in [3.05, 3.63) is 28.2 Å². The first kappa shape index (κ1) is 17.0. The maximum atomic E-state index is 10.8. The van der Waals surface area contributed by atoms with E-state index >= 15 is 0 Å². The average Bonchev–Trinajstić information content (AvgIpc) is 2.37. The van der Waals surface area contributed by atoms with Gasteiger partial charge in [0.25, 0.3) is 0 Å². The van der Waals surface area contributed by atoms with Crippen LogP contribution in [0.2, 0.25) is 0 Å². The van der Waals surface area contributed by atoms with Crippen molar-refractivity contribution < 1.29 is 15.0 Å². The molecule has 2 N–H and O–H groups in total. The molecule has 5 heteroatoms. The van der Waals surface area contributed by atoms with Crippen LogP contribution < -0.4 is 0 Å². The van der Waals surface area contributed by atoms with Crippen LogP contribution in [0.5, 0.6) is 5.75 Å². The molecule has 1 rings (SSSR count). The molecule has 0 fully saturated rings. The zero-order valence-electron chi connectivity index (χ0n) is 12.1. The predicted octanol–water partition coefficient (Wildman–Crippen LogP) is 3.79. The lowest BCUT2D eigenvalue weighted by atomic mass is 10.00. The minimum absolute atomic E-state index is 0.00634. The lowest BCUT2D eigenvalue weighted by Crippen LogP contribution is -2.36. The van der Waals surface area contributed by atoms with E-state index in [9.17, 15) is 9.90 Å². The molecule has 0 bridgehead atoms. The highest BCUT2D eigenvalue weighted by molar-refractivity contribution is 9.10. The smallest absolute Gasteiger partial charge is 0.304 e. The summed E-state index contributed by atoms with van der Waals surface area (Å²) in [4.78, 5) is 12.9. The van der Waals surface area contributed by atoms with E-state index in [0.29, 0.717) is 6.54 Å². The second kappa shape index (κ2) is 7.64. The quantitative estimate of drug-likeness (QED) is 0.790. The Kier molecular flexibility index (Phi) is 6.49. The summed E-state index contributed by atoms with van der Waals surface area (Å²) in [5.41, 5.74) is 0.834. The SMILES string of the molecule is CCC(c1cc(Br)ccc1O)N(CCC(=O)O)C(C)C. The third kappa shape index (κ3) is 4.49. The van der Waals surface area contributed by atoms with Gasteiger partial charge in [-0.3, -0.25) is 9.69 Å². The maximum Gasteiger partial charge on any atom is 0.304 e. The molecule has 1 unspecified atom stereocenters. The largest absolute Gasteiger partial charge is 0.508 e. The summed E-state index contributed by atoms with van der Waals surface area (Å²) in [5.74, 6) is -0.551. The van der Waals surface area contributed by atoms with E-state index < -0.39 is 5.97 Å². The highest BCUT2D eigenvalue weighted by atomic mass is 79.9. The Bertz CT molecular complexity index is 462. The summed E-state index contributed by atoms with van der Waals surface area (Å²) in [6.07, 6.45) is 0.908. The highest BCUT2D eigenvalue weighted by Crippen LogP contribution is 2.34. The van der Waals surface area contributed by atoms with Gasteiger partial charge < -0.3 is 10.2 Å². The molecule has 0 aliphatic rings. The molecule has 0 radical (unpaired) electrons. The third-order valence-electron chi connectivity index (χ3n) is 3.38. The second-order valence-electron chi connectivity index (χ2n) is 5.10. The number of nitrogens with zero attached hydrogens (tertiary/aromatic N) is 1. The van der Waals surface area contributed by atoms with Gasteiger partial charge >= 0.3 is 5.97 Å². The monoisotopic (exact) mass is 343 g/mol. The molecule has 0 saturated carbocycles. The molecule has 0 spiro atoms. The predicted molar refractivity (Wildman–Crippen MR) is 82.9 cm³/mol. The van der Waals surface area contributed by atoms with Gasteiger partial charge in [0.1, 0.15) is 5.75 Å². The van der Waals surface area contributed by atoms with Crippen LogP contribution >= 0.6 is 15.9 Å². The fourth-order valence-corrected chi connectivity index (χ4v) is 2.80. The number of carbonyl (C=O) groups is 1. The maximum absolute atomic E-state index is 10.8. The molecule has 112 valence electrons. The van der Waals surface area contributed by atoms with Gasteiger partial charge in [-0.1, -0.05) is 22.9 Å². The molecule has 0 aromatic heterocycles. The zero-order chi connectivity index (χ0) is 15.3. The number of halogens is 1. The van der Waals surface area contributed by atoms with E-state index in [1.54, 1.807) is 12.1 Å². The number of hydrogen-bond acceptors (Lipinski definition) is 3. The molecule has 20 heavy (non-hydrogen) atoms. The van der Waals surface area contributed by atoms with Crippen LogP contribution in [0, 0.1) is 0 Å². The van der Waals surface area contributed by atoms with Crippen LogP contribution in [0.15, 0.2) is 22.7 Å². The van der Waals surface area contributed by atoms with Crippen molar-refractivity contribution in [1.29, 1.82) is 0 Å². The molecule has 0 saturated heterocycles. The number of carboxylic acids is 1. The Morgan fingerprint density at radius 1 is 1.40 bits per heavy atom. The van der Waals surface area contributed by atoms with E-state index in [4.69, 9.17) is 5.11 Å². The molecular weight excluding hydrogens is 322 g/mol. The number of carboxylic acid groups (broad SMARTS) is 1. The van der Waals surface area contributed by atoms with Crippen molar-refractivity contribution in [3.8, 4) is 5.75 Å². The summed E-state index contributed by atoms with van der Waals surface area (Å²) < 4.78 is 0.908. The standard InChI is InChI=1S/C15H22BrNO3/c1-4-13(12-9-11(16)5-6-14(12)18)17(10(2)3)8-7-15(19)20/h5-6,9-10,13,18H,4,7-8H2,1-3H3,(H,19,20). The first-order valence-corrected chi connectivity index (χ1v) is 7.62. The van der Waals surface area contributed by atoms with Crippen molar-refractivity contribution in [2.24, 2.45) is 0 Å². The van der Waals surface area contributed by atoms with Crippen LogP contribution in [-0.2, 0) is 4.79 Å². The summed E-state index contributed by atoms with van der Waals surface area (Å²) in [7, 11) is 0. The summed E-state index contributed by atoms with van der Waals surface area (Å²) in [5, 5.41) is 19.0. The third-order valence-corrected chi connectivity index (χ3v) is 3.88. The van der Waals surface area contributed by atoms with Crippen molar-refractivity contribution in [2.75, 3.05) is 6.54 Å². The van der Waals surface area contributed by atoms with Gasteiger partial charge in [-0.2, -0.15) is 0 Å². The molecular formula is C15H22BrNO3. The van der Waals surface area contributed by atoms with Crippen LogP contribution in [0.25, 0.3) is 0 Å². The lowest BCUT2D eigenvalue weighted by Gasteiger charge is -2.34. The van der Waals surface area contributed by atoms with Gasteiger partial charge in [-0.15, -0.1) is 0 Å². The van der Waals surface area contributed by atoms with Gasteiger partial charge in [-0.25, -0.2) is 0 Å². The van der Waals surface area contributed by atoms with Crippen LogP contribution in [0.3, 0.4) is 0 Å². The van der Waals surface area contributed by atoms with Crippen LogP contribution in [-0.4, -0.2) is 33.7 Å².